The van der Waals surface area contributed by atoms with Crippen LogP contribution in [-0.4, -0.2) is 11.7 Å². The predicted octanol–water partition coefficient (Wildman–Crippen LogP) is 1.47. The molecule has 0 radical (unpaired) electrons. The van der Waals surface area contributed by atoms with Gasteiger partial charge < -0.3 is 5.73 Å². The Morgan fingerprint density at radius 3 is 2.45 bits per heavy atom. The highest BCUT2D eigenvalue weighted by atomic mass is 35.5. The summed E-state index contributed by atoms with van der Waals surface area (Å²) in [6.07, 6.45) is 3.20. The first kappa shape index (κ1) is 10.3. The average molecular weight is 177 g/mol. The number of alkyl halides is 1. The summed E-state index contributed by atoms with van der Waals surface area (Å²) in [5.41, 5.74) is 6.18. The van der Waals surface area contributed by atoms with Gasteiger partial charge in [0.1, 0.15) is 6.67 Å². The van der Waals surface area contributed by atoms with Crippen molar-refractivity contribution in [1.82, 2.24) is 4.98 Å². The Labute approximate surface area is 71.0 Å². The number of nitrogens with two attached hydrogens (primary N) is 1. The monoisotopic (exact) mass is 176 g/mol. The fourth-order valence-electron chi connectivity index (χ4n) is 0.700. The molecule has 62 valence electrons. The topological polar surface area (TPSA) is 38.9 Å². The Bertz CT molecular complexity index is 193. The molecule has 0 saturated heterocycles. The maximum absolute atomic E-state index is 11.9. The van der Waals surface area contributed by atoms with Gasteiger partial charge in [-0.3, -0.25) is 4.98 Å². The first-order valence-electron chi connectivity index (χ1n) is 3.06. The van der Waals surface area contributed by atoms with E-state index in [1.54, 1.807) is 24.5 Å². The summed E-state index contributed by atoms with van der Waals surface area (Å²) in [5.74, 6) is 0. The highest BCUT2D eigenvalue weighted by molar-refractivity contribution is 5.85. The van der Waals surface area contributed by atoms with Gasteiger partial charge in [0.05, 0.1) is 6.04 Å². The second kappa shape index (κ2) is 5.04. The van der Waals surface area contributed by atoms with E-state index in [0.29, 0.717) is 0 Å². The van der Waals surface area contributed by atoms with E-state index in [1.807, 2.05) is 0 Å². The summed E-state index contributed by atoms with van der Waals surface area (Å²) in [6.45, 7) is -0.524. The van der Waals surface area contributed by atoms with E-state index >= 15 is 0 Å². The van der Waals surface area contributed by atoms with Gasteiger partial charge in [0.2, 0.25) is 0 Å². The van der Waals surface area contributed by atoms with Crippen LogP contribution in [0.5, 0.6) is 0 Å². The van der Waals surface area contributed by atoms with Crippen LogP contribution in [0.2, 0.25) is 0 Å². The lowest BCUT2D eigenvalue weighted by Gasteiger charge is -2.04. The highest BCUT2D eigenvalue weighted by Crippen LogP contribution is 2.07. The first-order chi connectivity index (χ1) is 4.84. The SMILES string of the molecule is Cl.N[C@H](CF)c1ccncc1. The van der Waals surface area contributed by atoms with Crippen molar-refractivity contribution in [3.8, 4) is 0 Å². The molecule has 0 unspecified atom stereocenters. The predicted molar refractivity (Wildman–Crippen MR) is 44.4 cm³/mol. The van der Waals surface area contributed by atoms with Gasteiger partial charge in [-0.05, 0) is 17.7 Å². The molecule has 1 rings (SSSR count). The lowest BCUT2D eigenvalue weighted by Crippen LogP contribution is -2.11. The Balaban J connectivity index is 0.000001000. The van der Waals surface area contributed by atoms with Crippen LogP contribution in [0.25, 0.3) is 0 Å². The van der Waals surface area contributed by atoms with Crippen molar-refractivity contribution in [2.75, 3.05) is 6.67 Å². The van der Waals surface area contributed by atoms with E-state index in [0.717, 1.165) is 5.56 Å². The van der Waals surface area contributed by atoms with Crippen molar-refractivity contribution in [2.24, 2.45) is 5.73 Å². The normalized spacial score (nSPS) is 11.8. The first-order valence-corrected chi connectivity index (χ1v) is 3.06. The number of rotatable bonds is 2. The third kappa shape index (κ3) is 2.82. The van der Waals surface area contributed by atoms with Crippen LogP contribution in [0.4, 0.5) is 4.39 Å². The minimum atomic E-state index is -0.524. The van der Waals surface area contributed by atoms with Crippen molar-refractivity contribution in [3.05, 3.63) is 30.1 Å². The Hall–Kier alpha value is -0.670. The lowest BCUT2D eigenvalue weighted by atomic mass is 10.1. The number of aromatic nitrogens is 1. The second-order valence-corrected chi connectivity index (χ2v) is 2.04. The van der Waals surface area contributed by atoms with Crippen molar-refractivity contribution in [3.63, 3.8) is 0 Å². The zero-order valence-electron chi connectivity index (χ0n) is 5.90. The molecule has 0 fully saturated rings. The molecule has 0 aromatic carbocycles. The van der Waals surface area contributed by atoms with Crippen LogP contribution in [0.1, 0.15) is 11.6 Å². The maximum atomic E-state index is 11.9. The van der Waals surface area contributed by atoms with Crippen LogP contribution < -0.4 is 5.73 Å². The van der Waals surface area contributed by atoms with Crippen molar-refractivity contribution in [1.29, 1.82) is 0 Å². The highest BCUT2D eigenvalue weighted by Gasteiger charge is 2.02. The van der Waals surface area contributed by atoms with Crippen LogP contribution in [0.3, 0.4) is 0 Å². The van der Waals surface area contributed by atoms with Gasteiger partial charge in [0.25, 0.3) is 0 Å². The van der Waals surface area contributed by atoms with Crippen molar-refractivity contribution in [2.45, 2.75) is 6.04 Å². The van der Waals surface area contributed by atoms with Gasteiger partial charge in [-0.1, -0.05) is 0 Å². The average Bonchev–Trinajstić information content (AvgIpc) is 2.05. The van der Waals surface area contributed by atoms with Gasteiger partial charge in [-0.2, -0.15) is 0 Å². The van der Waals surface area contributed by atoms with Crippen LogP contribution in [0, 0.1) is 0 Å². The standard InChI is InChI=1S/C7H9FN2.ClH/c8-5-7(9)6-1-3-10-4-2-6;/h1-4,7H,5,9H2;1H/t7-;/m1./s1. The molecule has 1 aromatic rings. The van der Waals surface area contributed by atoms with Gasteiger partial charge in [-0.15, -0.1) is 12.4 Å². The summed E-state index contributed by atoms with van der Waals surface area (Å²) >= 11 is 0. The summed E-state index contributed by atoms with van der Waals surface area (Å²) < 4.78 is 11.9. The van der Waals surface area contributed by atoms with Crippen LogP contribution >= 0.6 is 12.4 Å². The van der Waals surface area contributed by atoms with Gasteiger partial charge >= 0.3 is 0 Å². The molecule has 2 nitrogen and oxygen atoms in total. The molecule has 1 aromatic heterocycles. The summed E-state index contributed by atoms with van der Waals surface area (Å²) in [7, 11) is 0. The van der Waals surface area contributed by atoms with Gasteiger partial charge in [-0.25, -0.2) is 4.39 Å². The minimum Gasteiger partial charge on any atom is -0.322 e. The summed E-state index contributed by atoms with van der Waals surface area (Å²) in [4.78, 5) is 3.78. The molecule has 2 N–H and O–H groups in total. The Kier molecular flexibility index (Phi) is 4.74. The number of hydrogen-bond donors (Lipinski definition) is 1. The molecule has 0 aliphatic carbocycles. The molecular weight excluding hydrogens is 167 g/mol. The van der Waals surface area contributed by atoms with E-state index in [1.165, 1.54) is 0 Å². The van der Waals surface area contributed by atoms with Gasteiger partial charge in [0, 0.05) is 12.4 Å². The minimum absolute atomic E-state index is 0. The van der Waals surface area contributed by atoms with Gasteiger partial charge in [0.15, 0.2) is 0 Å². The van der Waals surface area contributed by atoms with E-state index < -0.39 is 12.7 Å². The molecule has 0 amide bonds. The number of halogens is 2. The van der Waals surface area contributed by atoms with E-state index in [-0.39, 0.29) is 12.4 Å². The molecule has 1 atom stereocenters. The largest absolute Gasteiger partial charge is 0.322 e. The third-order valence-corrected chi connectivity index (χ3v) is 1.30. The van der Waals surface area contributed by atoms with E-state index in [4.69, 9.17) is 5.73 Å². The second-order valence-electron chi connectivity index (χ2n) is 2.04. The molecule has 0 aliphatic rings. The fourth-order valence-corrected chi connectivity index (χ4v) is 0.700. The number of hydrogen-bond acceptors (Lipinski definition) is 2. The Morgan fingerprint density at radius 2 is 2.00 bits per heavy atom. The number of nitrogens with zero attached hydrogens (tertiary/aromatic N) is 1. The third-order valence-electron chi connectivity index (χ3n) is 1.30. The molecular formula is C7H10ClFN2. The molecule has 0 bridgehead atoms. The van der Waals surface area contributed by atoms with Crippen LogP contribution in [0.15, 0.2) is 24.5 Å². The van der Waals surface area contributed by atoms with Crippen molar-refractivity contribution >= 4 is 12.4 Å². The molecule has 11 heavy (non-hydrogen) atoms. The van der Waals surface area contributed by atoms with E-state index in [9.17, 15) is 4.39 Å². The molecule has 0 saturated carbocycles. The van der Waals surface area contributed by atoms with Crippen molar-refractivity contribution < 1.29 is 4.39 Å². The van der Waals surface area contributed by atoms with E-state index in [2.05, 4.69) is 4.98 Å². The smallest absolute Gasteiger partial charge is 0.109 e. The fraction of sp³-hybridized carbons (Fsp3) is 0.286. The quantitative estimate of drug-likeness (QED) is 0.741. The zero-order chi connectivity index (χ0) is 7.40. The molecule has 1 heterocycles. The molecule has 4 heteroatoms. The van der Waals surface area contributed by atoms with Crippen LogP contribution in [-0.2, 0) is 0 Å². The molecule has 0 aliphatic heterocycles. The molecule has 0 spiro atoms. The zero-order valence-corrected chi connectivity index (χ0v) is 6.72. The summed E-state index contributed by atoms with van der Waals surface area (Å²) in [6, 6.07) is 2.93. The lowest BCUT2D eigenvalue weighted by molar-refractivity contribution is 0.437. The summed E-state index contributed by atoms with van der Waals surface area (Å²) in [5, 5.41) is 0. The Morgan fingerprint density at radius 1 is 1.45 bits per heavy atom. The maximum Gasteiger partial charge on any atom is 0.109 e. The number of pyridine rings is 1.